The highest BCUT2D eigenvalue weighted by Crippen LogP contribution is 2.60. The fourth-order valence-corrected chi connectivity index (χ4v) is 13.8. The second-order valence-corrected chi connectivity index (χ2v) is 22.1. The van der Waals surface area contributed by atoms with Crippen LogP contribution in [0.15, 0.2) is 212 Å². The summed E-state index contributed by atoms with van der Waals surface area (Å²) >= 11 is 0. The quantitative estimate of drug-likeness (QED) is 0.168. The predicted molar refractivity (Wildman–Crippen MR) is 302 cm³/mol. The fourth-order valence-electron chi connectivity index (χ4n) is 13.8. The summed E-state index contributed by atoms with van der Waals surface area (Å²) in [7, 11) is 0. The number of hydrogen-bond acceptors (Lipinski definition) is 1. The average molecular weight is 924 g/mol. The Bertz CT molecular complexity index is 4200. The largest absolute Gasteiger partial charge is 0.310 e. The molecule has 0 amide bonds. The van der Waals surface area contributed by atoms with Crippen molar-refractivity contribution in [3.8, 4) is 44.8 Å². The molecule has 3 aliphatic carbocycles. The van der Waals surface area contributed by atoms with Crippen molar-refractivity contribution in [1.82, 2.24) is 9.13 Å². The Morgan fingerprint density at radius 2 is 0.736 bits per heavy atom. The van der Waals surface area contributed by atoms with E-state index in [1.54, 1.807) is 0 Å². The normalized spacial score (nSPS) is 15.1. The van der Waals surface area contributed by atoms with Crippen molar-refractivity contribution in [1.29, 1.82) is 0 Å². The average Bonchev–Trinajstić information content (AvgIpc) is 4.12. The van der Waals surface area contributed by atoms with Gasteiger partial charge in [-0.05, 0) is 152 Å². The first kappa shape index (κ1) is 41.4. The second kappa shape index (κ2) is 14.4. The Morgan fingerprint density at radius 3 is 1.36 bits per heavy atom. The highest BCUT2D eigenvalue weighted by Gasteiger charge is 2.45. The van der Waals surface area contributed by atoms with Crippen LogP contribution in [0.2, 0.25) is 0 Å². The molecule has 0 radical (unpaired) electrons. The molecule has 12 aromatic rings. The molecule has 72 heavy (non-hydrogen) atoms. The predicted octanol–water partition coefficient (Wildman–Crippen LogP) is 18.3. The highest BCUT2D eigenvalue weighted by atomic mass is 15.2. The third-order valence-electron chi connectivity index (χ3n) is 17.2. The van der Waals surface area contributed by atoms with E-state index in [0.29, 0.717) is 0 Å². The third kappa shape index (κ3) is 5.40. The maximum absolute atomic E-state index is 2.58. The van der Waals surface area contributed by atoms with Crippen LogP contribution in [0.3, 0.4) is 0 Å². The number of nitrogens with zero attached hydrogens (tertiary/aromatic N) is 3. The zero-order valence-corrected chi connectivity index (χ0v) is 41.5. The molecule has 0 fully saturated rings. The molecule has 0 unspecified atom stereocenters. The van der Waals surface area contributed by atoms with Gasteiger partial charge in [-0.3, -0.25) is 0 Å². The van der Waals surface area contributed by atoms with Crippen molar-refractivity contribution < 1.29 is 0 Å². The van der Waals surface area contributed by atoms with Crippen LogP contribution in [0.25, 0.3) is 88.4 Å². The molecule has 15 rings (SSSR count). The zero-order valence-electron chi connectivity index (χ0n) is 41.5. The van der Waals surface area contributed by atoms with Crippen LogP contribution < -0.4 is 4.90 Å². The van der Waals surface area contributed by atoms with Crippen molar-refractivity contribution in [3.05, 3.63) is 246 Å². The van der Waals surface area contributed by atoms with E-state index in [0.717, 1.165) is 17.1 Å². The number of benzene rings is 10. The van der Waals surface area contributed by atoms with Crippen molar-refractivity contribution in [2.45, 2.75) is 57.8 Å². The number of anilines is 3. The van der Waals surface area contributed by atoms with Crippen LogP contribution >= 0.6 is 0 Å². The Kier molecular flexibility index (Phi) is 8.26. The maximum Gasteiger partial charge on any atom is 0.0541 e. The first-order chi connectivity index (χ1) is 35.0. The SMILES string of the molecule is CC1(C)c2ccccc2-c2ccc(N(c3ccccc3)c3cc(-n4c5ccccc5c5ccccc54)cc4c3C(C)(C)c3cc5c(cc3-4)C(C)(C)c3cc(-n4c6ccccc6c6ccccc64)ccc3-5)cc21. The Labute approximate surface area is 420 Å². The van der Waals surface area contributed by atoms with Gasteiger partial charge in [0.2, 0.25) is 0 Å². The molecule has 3 heteroatoms. The van der Waals surface area contributed by atoms with Crippen LogP contribution in [-0.2, 0) is 16.2 Å². The van der Waals surface area contributed by atoms with Gasteiger partial charge in [0.1, 0.15) is 0 Å². The summed E-state index contributed by atoms with van der Waals surface area (Å²) < 4.78 is 4.97. The van der Waals surface area contributed by atoms with Crippen LogP contribution in [0.4, 0.5) is 17.1 Å². The summed E-state index contributed by atoms with van der Waals surface area (Å²) in [6, 6.07) is 80.1. The molecule has 0 bridgehead atoms. The van der Waals surface area contributed by atoms with Crippen molar-refractivity contribution >= 4 is 60.7 Å². The molecular formula is C69H53N3. The number of hydrogen-bond donors (Lipinski definition) is 0. The van der Waals surface area contributed by atoms with E-state index < -0.39 is 0 Å². The van der Waals surface area contributed by atoms with Crippen molar-refractivity contribution in [2.24, 2.45) is 0 Å². The molecule has 0 N–H and O–H groups in total. The van der Waals surface area contributed by atoms with Crippen molar-refractivity contribution in [2.75, 3.05) is 4.90 Å². The number of fused-ring (bicyclic) bond motifs is 15. The van der Waals surface area contributed by atoms with E-state index in [1.807, 2.05) is 0 Å². The number of para-hydroxylation sites is 5. The minimum absolute atomic E-state index is 0.152. The molecule has 0 atom stereocenters. The Hall–Kier alpha value is -8.40. The van der Waals surface area contributed by atoms with Crippen LogP contribution in [-0.4, -0.2) is 9.13 Å². The summed E-state index contributed by atoms with van der Waals surface area (Å²) in [5.41, 5.74) is 26.1. The van der Waals surface area contributed by atoms with Crippen molar-refractivity contribution in [3.63, 3.8) is 0 Å². The molecule has 0 saturated heterocycles. The summed E-state index contributed by atoms with van der Waals surface area (Å²) in [5.74, 6) is 0. The van der Waals surface area contributed by atoms with E-state index in [1.165, 1.54) is 122 Å². The fraction of sp³-hybridized carbons (Fsp3) is 0.130. The van der Waals surface area contributed by atoms with Gasteiger partial charge in [-0.25, -0.2) is 0 Å². The molecular weight excluding hydrogens is 871 g/mol. The first-order valence-corrected chi connectivity index (χ1v) is 25.6. The molecule has 2 heterocycles. The summed E-state index contributed by atoms with van der Waals surface area (Å²) in [6.45, 7) is 14.6. The van der Waals surface area contributed by atoms with E-state index >= 15 is 0 Å². The van der Waals surface area contributed by atoms with E-state index in [-0.39, 0.29) is 16.2 Å². The smallest absolute Gasteiger partial charge is 0.0541 e. The second-order valence-electron chi connectivity index (χ2n) is 22.1. The first-order valence-electron chi connectivity index (χ1n) is 25.6. The molecule has 2 aromatic heterocycles. The molecule has 344 valence electrons. The topological polar surface area (TPSA) is 13.1 Å². The van der Waals surface area contributed by atoms with Crippen LogP contribution in [0, 0.1) is 0 Å². The van der Waals surface area contributed by atoms with Gasteiger partial charge in [-0.2, -0.15) is 0 Å². The molecule has 0 aliphatic heterocycles. The van der Waals surface area contributed by atoms with Gasteiger partial charge in [0.15, 0.2) is 0 Å². The van der Waals surface area contributed by atoms with Gasteiger partial charge >= 0.3 is 0 Å². The van der Waals surface area contributed by atoms with E-state index in [2.05, 4.69) is 268 Å². The third-order valence-corrected chi connectivity index (χ3v) is 17.2. The van der Waals surface area contributed by atoms with Gasteiger partial charge < -0.3 is 14.0 Å². The Balaban J connectivity index is 0.977. The lowest BCUT2D eigenvalue weighted by Gasteiger charge is -2.33. The molecule has 0 spiro atoms. The molecule has 3 nitrogen and oxygen atoms in total. The van der Waals surface area contributed by atoms with Gasteiger partial charge in [0, 0.05) is 60.5 Å². The zero-order chi connectivity index (χ0) is 48.4. The van der Waals surface area contributed by atoms with Gasteiger partial charge in [0.25, 0.3) is 0 Å². The minimum atomic E-state index is -0.358. The van der Waals surface area contributed by atoms with Gasteiger partial charge in [-0.1, -0.05) is 169 Å². The summed E-state index contributed by atoms with van der Waals surface area (Å²) in [6.07, 6.45) is 0. The summed E-state index contributed by atoms with van der Waals surface area (Å²) in [4.78, 5) is 2.56. The lowest BCUT2D eigenvalue weighted by molar-refractivity contribution is 0.652. The Morgan fingerprint density at radius 1 is 0.292 bits per heavy atom. The minimum Gasteiger partial charge on any atom is -0.310 e. The molecule has 3 aliphatic rings. The monoisotopic (exact) mass is 923 g/mol. The lowest BCUT2D eigenvalue weighted by atomic mass is 9.78. The maximum atomic E-state index is 2.58. The lowest BCUT2D eigenvalue weighted by Crippen LogP contribution is -2.22. The van der Waals surface area contributed by atoms with Crippen LogP contribution in [0.5, 0.6) is 0 Å². The number of rotatable bonds is 5. The molecule has 10 aromatic carbocycles. The van der Waals surface area contributed by atoms with E-state index in [9.17, 15) is 0 Å². The van der Waals surface area contributed by atoms with E-state index in [4.69, 9.17) is 0 Å². The summed E-state index contributed by atoms with van der Waals surface area (Å²) in [5, 5.41) is 5.08. The van der Waals surface area contributed by atoms with Gasteiger partial charge in [-0.15, -0.1) is 0 Å². The van der Waals surface area contributed by atoms with Gasteiger partial charge in [0.05, 0.1) is 27.8 Å². The number of aromatic nitrogens is 2. The standard InChI is InChI=1S/C69H53N3/c1-67(2)56-27-15-10-22-46(56)47-34-32-43(37-57(47)67)70(42-20-8-7-9-21-42)65-39-45(72-63-30-18-13-25-51(63)52-26-14-19-31-64(52)72)36-55-54-41-59-53(40-60(54)69(5,6)66(55)65)48-35-33-44(38-58(48)68(59,3)4)71-61-28-16-11-23-49(61)50-24-12-17-29-62(50)71/h7-41H,1-6H3. The van der Waals surface area contributed by atoms with Crippen LogP contribution in [0.1, 0.15) is 74.9 Å². The highest BCUT2D eigenvalue weighted by molar-refractivity contribution is 6.11. The molecule has 0 saturated carbocycles.